The van der Waals surface area contributed by atoms with Gasteiger partial charge in [-0.05, 0) is 0 Å². The van der Waals surface area contributed by atoms with Crippen molar-refractivity contribution in [1.82, 2.24) is 0 Å². The molecule has 19 heavy (non-hydrogen) atoms. The second kappa shape index (κ2) is 27.8. The summed E-state index contributed by atoms with van der Waals surface area (Å²) < 4.78 is 6.50. The average molecular weight is 484 g/mol. The molecule has 0 unspecified atom stereocenters. The predicted octanol–water partition coefficient (Wildman–Crippen LogP) is 5.43. The van der Waals surface area contributed by atoms with Gasteiger partial charge in [-0.3, -0.25) is 0 Å². The molecule has 0 fully saturated rings. The van der Waals surface area contributed by atoms with Crippen LogP contribution >= 0.6 is 0 Å². The van der Waals surface area contributed by atoms with Gasteiger partial charge in [0, 0.05) is 0 Å². The maximum atomic E-state index is 2.29. The molecule has 0 aliphatic rings. The summed E-state index contributed by atoms with van der Waals surface area (Å²) in [5, 5.41) is 0. The van der Waals surface area contributed by atoms with Gasteiger partial charge in [0.15, 0.2) is 0 Å². The molecule has 0 rings (SSSR count). The van der Waals surface area contributed by atoms with E-state index in [1.165, 1.54) is 51.4 Å². The standard InChI is InChI=1S/4C4H9.H2O.2Sn/c4*1-3-4-2;;;/h4*1,3-4H2,2H3;1H2;;. The molecular weight excluding hydrogens is 446 g/mol. The van der Waals surface area contributed by atoms with Crippen LogP contribution in [0.15, 0.2) is 0 Å². The van der Waals surface area contributed by atoms with Crippen LogP contribution in [-0.4, -0.2) is 47.8 Å². The molecule has 2 N–H and O–H groups in total. The van der Waals surface area contributed by atoms with Crippen molar-refractivity contribution in [2.45, 2.75) is 96.8 Å². The van der Waals surface area contributed by atoms with Crippen molar-refractivity contribution in [3.63, 3.8) is 0 Å². The Balaban J connectivity index is -0.000000256. The van der Waals surface area contributed by atoms with E-state index in [9.17, 15) is 0 Å². The van der Waals surface area contributed by atoms with Crippen molar-refractivity contribution in [2.24, 2.45) is 0 Å². The van der Waals surface area contributed by atoms with Gasteiger partial charge in [0.05, 0.1) is 0 Å². The largest absolute Gasteiger partial charge is 0.412 e. The van der Waals surface area contributed by atoms with Gasteiger partial charge in [-0.25, -0.2) is 0 Å². The van der Waals surface area contributed by atoms with Crippen LogP contribution in [0, 0.1) is 0 Å². The third-order valence-electron chi connectivity index (χ3n) is 2.83. The number of unbranched alkanes of at least 4 members (excludes halogenated alkanes) is 4. The Labute approximate surface area is 143 Å². The van der Waals surface area contributed by atoms with Gasteiger partial charge in [0.2, 0.25) is 0 Å². The van der Waals surface area contributed by atoms with Gasteiger partial charge in [-0.1, -0.05) is 0 Å². The second-order valence-corrected chi connectivity index (χ2v) is 13.5. The van der Waals surface area contributed by atoms with E-state index in [0.29, 0.717) is 0 Å². The Kier molecular flexibility index (Phi) is 37.4. The summed E-state index contributed by atoms with van der Waals surface area (Å²) in [5.74, 6) is 0. The average Bonchev–Trinajstić information content (AvgIpc) is 2.39. The first-order valence-electron chi connectivity index (χ1n) is 8.24. The molecule has 0 aliphatic heterocycles. The Morgan fingerprint density at radius 3 is 0.842 bits per heavy atom. The van der Waals surface area contributed by atoms with Crippen molar-refractivity contribution in [3.05, 3.63) is 0 Å². The molecule has 0 aromatic heterocycles. The Hall–Kier alpha value is 1.56. The van der Waals surface area contributed by atoms with Crippen molar-refractivity contribution in [2.75, 3.05) is 0 Å². The van der Waals surface area contributed by atoms with E-state index in [4.69, 9.17) is 0 Å². The van der Waals surface area contributed by atoms with Gasteiger partial charge in [-0.2, -0.15) is 0 Å². The molecule has 3 heteroatoms. The molecule has 4 radical (unpaired) electrons. The predicted molar refractivity (Wildman–Crippen MR) is 94.0 cm³/mol. The molecule has 0 heterocycles. The Morgan fingerprint density at radius 1 is 0.474 bits per heavy atom. The topological polar surface area (TPSA) is 31.5 Å². The normalized spacial score (nSPS) is 9.47. The van der Waals surface area contributed by atoms with E-state index < -0.39 is 0 Å². The summed E-state index contributed by atoms with van der Waals surface area (Å²) in [6.07, 6.45) is 11.7. The zero-order valence-electron chi connectivity index (χ0n) is 14.0. The minimum Gasteiger partial charge on any atom is -0.412 e. The van der Waals surface area contributed by atoms with Crippen LogP contribution in [0.25, 0.3) is 0 Å². The SMILES string of the molecule is CCC[CH2][Sn][CH2]CCC.CCC[CH2][Sn][CH2]CCC.O. The van der Waals surface area contributed by atoms with Crippen molar-refractivity contribution in [3.8, 4) is 0 Å². The van der Waals surface area contributed by atoms with Gasteiger partial charge < -0.3 is 5.48 Å². The molecular formula is C16H38OSn2. The van der Waals surface area contributed by atoms with Crippen LogP contribution in [0.1, 0.15) is 79.1 Å². The third kappa shape index (κ3) is 32.8. The smallest absolute Gasteiger partial charge is 0.412 e. The number of hydrogen-bond donors (Lipinski definition) is 0. The maximum Gasteiger partial charge on any atom is -0.412 e. The molecule has 0 aromatic carbocycles. The quantitative estimate of drug-likeness (QED) is 0.262. The molecule has 0 amide bonds. The van der Waals surface area contributed by atoms with E-state index in [2.05, 4.69) is 27.7 Å². The van der Waals surface area contributed by atoms with Gasteiger partial charge in [-0.15, -0.1) is 0 Å². The molecule has 0 saturated carbocycles. The summed E-state index contributed by atoms with van der Waals surface area (Å²) in [5.41, 5.74) is 0. The summed E-state index contributed by atoms with van der Waals surface area (Å²) in [4.78, 5) is 0. The first-order valence-corrected chi connectivity index (χ1v) is 16.3. The van der Waals surface area contributed by atoms with Gasteiger partial charge >= 0.3 is 139 Å². The zero-order valence-corrected chi connectivity index (χ0v) is 19.7. The Bertz CT molecular complexity index is 95.3. The van der Waals surface area contributed by atoms with Crippen molar-refractivity contribution >= 4 is 42.3 Å². The summed E-state index contributed by atoms with van der Waals surface area (Å²) in [7, 11) is 0. The zero-order chi connectivity index (χ0) is 13.9. The molecule has 0 saturated heterocycles. The van der Waals surface area contributed by atoms with Crippen LogP contribution in [-0.2, 0) is 0 Å². The fourth-order valence-corrected chi connectivity index (χ4v) is 9.77. The molecule has 116 valence electrons. The van der Waals surface area contributed by atoms with Gasteiger partial charge in [0.25, 0.3) is 0 Å². The fraction of sp³-hybridized carbons (Fsp3) is 1.00. The van der Waals surface area contributed by atoms with Crippen LogP contribution in [0.4, 0.5) is 0 Å². The summed E-state index contributed by atoms with van der Waals surface area (Å²) in [6, 6.07) is 0. The first kappa shape index (κ1) is 25.5. The molecule has 0 atom stereocenters. The third-order valence-corrected chi connectivity index (χ3v) is 10.9. The summed E-state index contributed by atoms with van der Waals surface area (Å²) >= 11 is 0.299. The van der Waals surface area contributed by atoms with E-state index in [-0.39, 0.29) is 47.8 Å². The summed E-state index contributed by atoms with van der Waals surface area (Å²) in [6.45, 7) is 9.16. The number of hydrogen-bond acceptors (Lipinski definition) is 0. The fourth-order valence-electron chi connectivity index (χ4n) is 1.46. The van der Waals surface area contributed by atoms with Crippen LogP contribution in [0.3, 0.4) is 0 Å². The van der Waals surface area contributed by atoms with E-state index in [1.807, 2.05) is 0 Å². The monoisotopic (exact) mass is 486 g/mol. The van der Waals surface area contributed by atoms with Crippen LogP contribution < -0.4 is 0 Å². The maximum absolute atomic E-state index is 2.29. The van der Waals surface area contributed by atoms with Gasteiger partial charge in [0.1, 0.15) is 0 Å². The number of rotatable bonds is 12. The molecule has 0 aliphatic carbocycles. The second-order valence-electron chi connectivity index (χ2n) is 4.91. The van der Waals surface area contributed by atoms with Crippen molar-refractivity contribution in [1.29, 1.82) is 0 Å². The molecule has 0 bridgehead atoms. The van der Waals surface area contributed by atoms with Crippen molar-refractivity contribution < 1.29 is 5.48 Å². The first-order chi connectivity index (χ1) is 8.83. The Morgan fingerprint density at radius 2 is 0.684 bits per heavy atom. The molecule has 0 aromatic rings. The minimum atomic E-state index is 0. The van der Waals surface area contributed by atoms with E-state index in [1.54, 1.807) is 17.7 Å². The van der Waals surface area contributed by atoms with Crippen LogP contribution in [0.2, 0.25) is 17.7 Å². The minimum absolute atomic E-state index is 0. The molecule has 1 nitrogen and oxygen atoms in total. The van der Waals surface area contributed by atoms with Crippen LogP contribution in [0.5, 0.6) is 0 Å². The molecule has 0 spiro atoms. The van der Waals surface area contributed by atoms with E-state index >= 15 is 0 Å². The van der Waals surface area contributed by atoms with E-state index in [0.717, 1.165) is 0 Å².